The third-order valence-electron chi connectivity index (χ3n) is 3.30. The molecule has 0 radical (unpaired) electrons. The molecule has 3 rings (SSSR count). The minimum atomic E-state index is -0.451. The number of halogens is 3. The van der Waals surface area contributed by atoms with Crippen LogP contribution < -0.4 is 15.4 Å². The van der Waals surface area contributed by atoms with Crippen molar-refractivity contribution in [3.05, 3.63) is 76.3 Å². The van der Waals surface area contributed by atoms with Gasteiger partial charge >= 0.3 is 6.01 Å². The Labute approximate surface area is 174 Å². The molecule has 28 heavy (non-hydrogen) atoms. The number of carbonyl (C=O) groups is 1. The van der Waals surface area contributed by atoms with Gasteiger partial charge in [0, 0.05) is 17.3 Å². The van der Waals surface area contributed by atoms with Crippen molar-refractivity contribution < 1.29 is 13.9 Å². The Balaban J connectivity index is 1.58. The average Bonchev–Trinajstić information content (AvgIpc) is 2.63. The lowest BCUT2D eigenvalue weighted by Gasteiger charge is -2.10. The second-order valence-electron chi connectivity index (χ2n) is 5.34. The van der Waals surface area contributed by atoms with Crippen LogP contribution in [0.15, 0.2) is 54.6 Å². The summed E-state index contributed by atoms with van der Waals surface area (Å²) in [5, 5.41) is 5.78. The Hall–Kier alpha value is -2.81. The van der Waals surface area contributed by atoms with E-state index >= 15 is 0 Å². The highest BCUT2D eigenvalue weighted by molar-refractivity contribution is 7.80. The quantitative estimate of drug-likeness (QED) is 0.450. The van der Waals surface area contributed by atoms with Gasteiger partial charge in [0.05, 0.1) is 0 Å². The van der Waals surface area contributed by atoms with Gasteiger partial charge in [0.2, 0.25) is 0 Å². The fourth-order valence-electron chi connectivity index (χ4n) is 2.07. The summed E-state index contributed by atoms with van der Waals surface area (Å²) in [7, 11) is 0. The average molecular weight is 437 g/mol. The van der Waals surface area contributed by atoms with Crippen LogP contribution in [0.5, 0.6) is 11.8 Å². The first kappa shape index (κ1) is 19.9. The number of carbonyl (C=O) groups excluding carboxylic acids is 1. The van der Waals surface area contributed by atoms with Crippen molar-refractivity contribution in [1.82, 2.24) is 15.3 Å². The molecule has 2 aromatic carbocycles. The summed E-state index contributed by atoms with van der Waals surface area (Å²) in [5.74, 6) is -0.428. The molecule has 1 heterocycles. The van der Waals surface area contributed by atoms with Gasteiger partial charge in [-0.05, 0) is 60.7 Å². The molecule has 6 nitrogen and oxygen atoms in total. The van der Waals surface area contributed by atoms with Crippen molar-refractivity contribution in [3.63, 3.8) is 0 Å². The zero-order chi connectivity index (χ0) is 20.1. The van der Waals surface area contributed by atoms with Crippen molar-refractivity contribution in [1.29, 1.82) is 0 Å². The minimum Gasteiger partial charge on any atom is -0.424 e. The maximum absolute atomic E-state index is 12.9. The molecule has 1 amide bonds. The summed E-state index contributed by atoms with van der Waals surface area (Å²) in [5.41, 5.74) is 0.899. The Kier molecular flexibility index (Phi) is 6.35. The van der Waals surface area contributed by atoms with Gasteiger partial charge < -0.3 is 10.1 Å². The van der Waals surface area contributed by atoms with Crippen LogP contribution in [0.4, 0.5) is 10.1 Å². The van der Waals surface area contributed by atoms with Crippen molar-refractivity contribution in [2.24, 2.45) is 0 Å². The highest BCUT2D eigenvalue weighted by atomic mass is 35.5. The number of ether oxygens (including phenoxy) is 1. The number of hydrogen-bond acceptors (Lipinski definition) is 5. The number of benzene rings is 2. The summed E-state index contributed by atoms with van der Waals surface area (Å²) in [6, 6.07) is 13.2. The normalized spacial score (nSPS) is 10.2. The Morgan fingerprint density at radius 3 is 2.21 bits per heavy atom. The molecular weight excluding hydrogens is 426 g/mol. The van der Waals surface area contributed by atoms with E-state index in [4.69, 9.17) is 40.2 Å². The van der Waals surface area contributed by atoms with E-state index in [1.807, 2.05) is 0 Å². The number of aromatic nitrogens is 2. The lowest BCUT2D eigenvalue weighted by atomic mass is 10.2. The number of thiocarbonyl (C=S) groups is 1. The van der Waals surface area contributed by atoms with E-state index in [-0.39, 0.29) is 27.0 Å². The maximum atomic E-state index is 12.9. The van der Waals surface area contributed by atoms with Crippen LogP contribution in [0, 0.1) is 5.82 Å². The molecule has 3 aromatic rings. The third-order valence-corrected chi connectivity index (χ3v) is 3.89. The van der Waals surface area contributed by atoms with Crippen LogP contribution in [-0.2, 0) is 0 Å². The minimum absolute atomic E-state index is 0.0142. The van der Waals surface area contributed by atoms with Crippen LogP contribution in [0.2, 0.25) is 10.3 Å². The van der Waals surface area contributed by atoms with Crippen molar-refractivity contribution in [2.45, 2.75) is 0 Å². The van der Waals surface area contributed by atoms with Gasteiger partial charge in [-0.2, -0.15) is 9.97 Å². The Morgan fingerprint density at radius 1 is 1.00 bits per heavy atom. The van der Waals surface area contributed by atoms with E-state index in [1.165, 1.54) is 30.3 Å². The van der Waals surface area contributed by atoms with E-state index in [1.54, 1.807) is 24.3 Å². The van der Waals surface area contributed by atoms with E-state index < -0.39 is 11.7 Å². The fourth-order valence-corrected chi connectivity index (χ4v) is 2.68. The topological polar surface area (TPSA) is 76.1 Å². The van der Waals surface area contributed by atoms with Crippen molar-refractivity contribution in [3.8, 4) is 11.8 Å². The number of nitrogens with one attached hydrogen (secondary N) is 2. The molecule has 1 aromatic heterocycles. The summed E-state index contributed by atoms with van der Waals surface area (Å²) in [6.07, 6.45) is 0. The largest absolute Gasteiger partial charge is 0.424 e. The van der Waals surface area contributed by atoms with Crippen molar-refractivity contribution in [2.75, 3.05) is 5.32 Å². The highest BCUT2D eigenvalue weighted by Crippen LogP contribution is 2.23. The van der Waals surface area contributed by atoms with Crippen LogP contribution in [0.25, 0.3) is 0 Å². The molecule has 0 spiro atoms. The summed E-state index contributed by atoms with van der Waals surface area (Å²) < 4.78 is 18.4. The smallest absolute Gasteiger partial charge is 0.324 e. The van der Waals surface area contributed by atoms with Gasteiger partial charge in [-0.15, -0.1) is 0 Å². The molecule has 10 heteroatoms. The standard InChI is InChI=1S/C18H11Cl2FN4O2S/c19-14-9-15(20)24-17(23-14)27-13-7-5-12(6-8-13)22-18(28)25-16(26)10-1-3-11(21)4-2-10/h1-9H,(H2,22,25,26,28). The monoisotopic (exact) mass is 436 g/mol. The Bertz CT molecular complexity index is 997. The van der Waals surface area contributed by atoms with E-state index in [0.717, 1.165) is 0 Å². The van der Waals surface area contributed by atoms with Gasteiger partial charge in [0.25, 0.3) is 5.91 Å². The molecule has 0 fully saturated rings. The zero-order valence-corrected chi connectivity index (χ0v) is 16.3. The highest BCUT2D eigenvalue weighted by Gasteiger charge is 2.09. The first-order valence-corrected chi connectivity index (χ1v) is 8.91. The molecule has 142 valence electrons. The van der Waals surface area contributed by atoms with Crippen LogP contribution >= 0.6 is 35.4 Å². The fraction of sp³-hybridized carbons (Fsp3) is 0. The molecular formula is C18H11Cl2FN4O2S. The Morgan fingerprint density at radius 2 is 1.61 bits per heavy atom. The number of anilines is 1. The number of rotatable bonds is 4. The second kappa shape index (κ2) is 8.92. The molecule has 0 aliphatic rings. The molecule has 0 saturated carbocycles. The number of hydrogen-bond donors (Lipinski definition) is 2. The lowest BCUT2D eigenvalue weighted by molar-refractivity contribution is 0.0977. The van der Waals surface area contributed by atoms with Gasteiger partial charge in [0.15, 0.2) is 5.11 Å². The molecule has 0 bridgehead atoms. The molecule has 2 N–H and O–H groups in total. The SMILES string of the molecule is O=C(NC(=S)Nc1ccc(Oc2nc(Cl)cc(Cl)n2)cc1)c1ccc(F)cc1. The van der Waals surface area contributed by atoms with Crippen LogP contribution in [-0.4, -0.2) is 21.0 Å². The van der Waals surface area contributed by atoms with E-state index in [9.17, 15) is 9.18 Å². The van der Waals surface area contributed by atoms with E-state index in [0.29, 0.717) is 11.4 Å². The van der Waals surface area contributed by atoms with Gasteiger partial charge in [0.1, 0.15) is 21.9 Å². The molecule has 0 unspecified atom stereocenters. The molecule has 0 aliphatic heterocycles. The first-order chi connectivity index (χ1) is 13.4. The van der Waals surface area contributed by atoms with Gasteiger partial charge in [-0.1, -0.05) is 23.2 Å². The second-order valence-corrected chi connectivity index (χ2v) is 6.52. The van der Waals surface area contributed by atoms with Crippen LogP contribution in [0.1, 0.15) is 10.4 Å². The predicted molar refractivity (Wildman–Crippen MR) is 109 cm³/mol. The zero-order valence-electron chi connectivity index (χ0n) is 13.9. The summed E-state index contributed by atoms with van der Waals surface area (Å²) in [4.78, 5) is 19.9. The van der Waals surface area contributed by atoms with Crippen molar-refractivity contribution >= 4 is 52.1 Å². The first-order valence-electron chi connectivity index (χ1n) is 7.75. The number of nitrogens with zero attached hydrogens (tertiary/aromatic N) is 2. The summed E-state index contributed by atoms with van der Waals surface area (Å²) in [6.45, 7) is 0. The molecule has 0 saturated heterocycles. The molecule has 0 aliphatic carbocycles. The maximum Gasteiger partial charge on any atom is 0.324 e. The van der Waals surface area contributed by atoms with Gasteiger partial charge in [-0.25, -0.2) is 4.39 Å². The molecule has 0 atom stereocenters. The third kappa shape index (κ3) is 5.59. The van der Waals surface area contributed by atoms with Crippen LogP contribution in [0.3, 0.4) is 0 Å². The van der Waals surface area contributed by atoms with Gasteiger partial charge in [-0.3, -0.25) is 10.1 Å². The van der Waals surface area contributed by atoms with E-state index in [2.05, 4.69) is 20.6 Å². The lowest BCUT2D eigenvalue weighted by Crippen LogP contribution is -2.34. The predicted octanol–water partition coefficient (Wildman–Crippen LogP) is 4.84. The summed E-state index contributed by atoms with van der Waals surface area (Å²) >= 11 is 16.7. The number of amides is 1.